The van der Waals surface area contributed by atoms with Gasteiger partial charge in [-0.25, -0.2) is 0 Å². The van der Waals surface area contributed by atoms with Crippen LogP contribution in [0.4, 0.5) is 0 Å². The van der Waals surface area contributed by atoms with E-state index in [1.54, 1.807) is 0 Å². The van der Waals surface area contributed by atoms with E-state index >= 15 is 0 Å². The second-order valence-electron chi connectivity index (χ2n) is 4.57. The molecule has 1 N–H and O–H groups in total. The van der Waals surface area contributed by atoms with Crippen LogP contribution in [0.25, 0.3) is 0 Å². The monoisotopic (exact) mass is 224 g/mol. The molecule has 1 aromatic heterocycles. The van der Waals surface area contributed by atoms with Gasteiger partial charge in [0.15, 0.2) is 0 Å². The van der Waals surface area contributed by atoms with Crippen molar-refractivity contribution in [1.29, 1.82) is 0 Å². The molecule has 92 valence electrons. The van der Waals surface area contributed by atoms with E-state index in [1.165, 1.54) is 11.3 Å². The minimum Gasteiger partial charge on any atom is -0.393 e. The molecule has 0 radical (unpaired) electrons. The van der Waals surface area contributed by atoms with Gasteiger partial charge in [0.1, 0.15) is 0 Å². The molecule has 3 nitrogen and oxygen atoms in total. The number of rotatable bonds is 6. The molecule has 0 aliphatic rings. The van der Waals surface area contributed by atoms with Crippen LogP contribution in [0.1, 0.15) is 50.1 Å². The summed E-state index contributed by atoms with van der Waals surface area (Å²) in [5, 5.41) is 13.7. The largest absolute Gasteiger partial charge is 0.393 e. The summed E-state index contributed by atoms with van der Waals surface area (Å²) in [6.45, 7) is 9.22. The van der Waals surface area contributed by atoms with E-state index in [0.29, 0.717) is 0 Å². The molecule has 0 amide bonds. The Morgan fingerprint density at radius 1 is 1.31 bits per heavy atom. The van der Waals surface area contributed by atoms with E-state index in [4.69, 9.17) is 5.11 Å². The van der Waals surface area contributed by atoms with Gasteiger partial charge in [0.2, 0.25) is 0 Å². The molecule has 3 heteroatoms. The molecule has 0 saturated carbocycles. The number of aromatic nitrogens is 2. The Bertz CT molecular complexity index is 329. The average molecular weight is 224 g/mol. The molecule has 0 saturated heterocycles. The fraction of sp³-hybridized carbons (Fsp3) is 0.769. The number of nitrogens with zero attached hydrogens (tertiary/aromatic N) is 2. The molecule has 0 aliphatic heterocycles. The first-order chi connectivity index (χ1) is 7.56. The zero-order valence-corrected chi connectivity index (χ0v) is 11.0. The van der Waals surface area contributed by atoms with Crippen LogP contribution in [-0.4, -0.2) is 21.0 Å². The number of hydrogen-bond donors (Lipinski definition) is 1. The van der Waals surface area contributed by atoms with Gasteiger partial charge in [0.05, 0.1) is 11.8 Å². The molecule has 1 rings (SSSR count). The quantitative estimate of drug-likeness (QED) is 0.754. The predicted molar refractivity (Wildman–Crippen MR) is 66.6 cm³/mol. The summed E-state index contributed by atoms with van der Waals surface area (Å²) in [6, 6.07) is 0. The molecular formula is C13H24N2O. The molecular weight excluding hydrogens is 200 g/mol. The van der Waals surface area contributed by atoms with Crippen molar-refractivity contribution in [3.8, 4) is 0 Å². The Morgan fingerprint density at radius 3 is 2.50 bits per heavy atom. The number of unbranched alkanes of at least 4 members (excludes halogenated alkanes) is 1. The summed E-state index contributed by atoms with van der Waals surface area (Å²) in [7, 11) is 0. The summed E-state index contributed by atoms with van der Waals surface area (Å²) in [4.78, 5) is 0. The van der Waals surface area contributed by atoms with Crippen LogP contribution < -0.4 is 0 Å². The standard InChI is InChI=1S/C13H24N2O/c1-5-13-11(3)14-15(12(13)4)9-7-6-8-10(2)16/h10,16H,5-9H2,1-4H3. The van der Waals surface area contributed by atoms with E-state index in [9.17, 15) is 0 Å². The van der Waals surface area contributed by atoms with Crippen molar-refractivity contribution in [3.05, 3.63) is 17.0 Å². The van der Waals surface area contributed by atoms with Gasteiger partial charge in [-0.3, -0.25) is 4.68 Å². The maximum atomic E-state index is 9.17. The summed E-state index contributed by atoms with van der Waals surface area (Å²) < 4.78 is 2.11. The smallest absolute Gasteiger partial charge is 0.0628 e. The Kier molecular flexibility index (Phi) is 5.00. The fourth-order valence-corrected chi connectivity index (χ4v) is 2.16. The third-order valence-corrected chi connectivity index (χ3v) is 3.13. The topological polar surface area (TPSA) is 38.0 Å². The van der Waals surface area contributed by atoms with E-state index < -0.39 is 0 Å². The number of aliphatic hydroxyl groups excluding tert-OH is 1. The molecule has 16 heavy (non-hydrogen) atoms. The van der Waals surface area contributed by atoms with Crippen LogP contribution >= 0.6 is 0 Å². The first kappa shape index (κ1) is 13.2. The third kappa shape index (κ3) is 3.34. The highest BCUT2D eigenvalue weighted by molar-refractivity contribution is 5.24. The Morgan fingerprint density at radius 2 is 2.00 bits per heavy atom. The van der Waals surface area contributed by atoms with Crippen molar-refractivity contribution in [2.24, 2.45) is 0 Å². The van der Waals surface area contributed by atoms with Crippen LogP contribution in [0.2, 0.25) is 0 Å². The van der Waals surface area contributed by atoms with E-state index in [2.05, 4.69) is 30.6 Å². The highest BCUT2D eigenvalue weighted by Gasteiger charge is 2.08. The third-order valence-electron chi connectivity index (χ3n) is 3.13. The molecule has 0 fully saturated rings. The van der Waals surface area contributed by atoms with Crippen LogP contribution in [0.3, 0.4) is 0 Å². The molecule has 1 heterocycles. The van der Waals surface area contributed by atoms with E-state index in [-0.39, 0.29) is 6.10 Å². The van der Waals surface area contributed by atoms with Gasteiger partial charge < -0.3 is 5.11 Å². The average Bonchev–Trinajstić information content (AvgIpc) is 2.48. The zero-order chi connectivity index (χ0) is 12.1. The van der Waals surface area contributed by atoms with Gasteiger partial charge in [-0.2, -0.15) is 5.10 Å². The minimum atomic E-state index is -0.174. The van der Waals surface area contributed by atoms with Crippen LogP contribution in [0.15, 0.2) is 0 Å². The highest BCUT2D eigenvalue weighted by Crippen LogP contribution is 2.14. The number of hydrogen-bond acceptors (Lipinski definition) is 2. The summed E-state index contributed by atoms with van der Waals surface area (Å²) >= 11 is 0. The van der Waals surface area contributed by atoms with Gasteiger partial charge in [-0.15, -0.1) is 0 Å². The Hall–Kier alpha value is -0.830. The Balaban J connectivity index is 2.48. The minimum absolute atomic E-state index is 0.174. The van der Waals surface area contributed by atoms with E-state index in [1.807, 2.05) is 6.92 Å². The van der Waals surface area contributed by atoms with Crippen LogP contribution in [0, 0.1) is 13.8 Å². The van der Waals surface area contributed by atoms with E-state index in [0.717, 1.165) is 37.9 Å². The van der Waals surface area contributed by atoms with Gasteiger partial charge >= 0.3 is 0 Å². The summed E-state index contributed by atoms with van der Waals surface area (Å²) in [5.41, 5.74) is 3.85. The lowest BCUT2D eigenvalue weighted by Gasteiger charge is -2.06. The SMILES string of the molecule is CCc1c(C)nn(CCCCC(C)O)c1C. The van der Waals surface area contributed by atoms with Crippen molar-refractivity contribution >= 4 is 0 Å². The molecule has 1 unspecified atom stereocenters. The van der Waals surface area contributed by atoms with Crippen molar-refractivity contribution in [3.63, 3.8) is 0 Å². The predicted octanol–water partition coefficient (Wildman–Crippen LogP) is 2.61. The first-order valence-electron chi connectivity index (χ1n) is 6.27. The lowest BCUT2D eigenvalue weighted by molar-refractivity contribution is 0.180. The number of aryl methyl sites for hydroxylation is 2. The molecule has 0 spiro atoms. The van der Waals surface area contributed by atoms with Crippen molar-refractivity contribution in [2.45, 2.75) is 66.0 Å². The lowest BCUT2D eigenvalue weighted by Crippen LogP contribution is -2.05. The summed E-state index contributed by atoms with van der Waals surface area (Å²) in [5.74, 6) is 0. The lowest BCUT2D eigenvalue weighted by atomic mass is 10.1. The summed E-state index contributed by atoms with van der Waals surface area (Å²) in [6.07, 6.45) is 3.94. The normalized spacial score (nSPS) is 13.1. The maximum Gasteiger partial charge on any atom is 0.0628 e. The zero-order valence-electron chi connectivity index (χ0n) is 11.0. The van der Waals surface area contributed by atoms with Gasteiger partial charge in [-0.05, 0) is 52.0 Å². The first-order valence-corrected chi connectivity index (χ1v) is 6.27. The molecule has 0 bridgehead atoms. The van der Waals surface area contributed by atoms with Gasteiger partial charge in [0, 0.05) is 12.2 Å². The maximum absolute atomic E-state index is 9.17. The Labute approximate surface area is 98.5 Å². The van der Waals surface area contributed by atoms with Crippen molar-refractivity contribution in [2.75, 3.05) is 0 Å². The molecule has 1 aromatic rings. The van der Waals surface area contributed by atoms with Crippen molar-refractivity contribution < 1.29 is 5.11 Å². The molecule has 0 aromatic carbocycles. The second-order valence-corrected chi connectivity index (χ2v) is 4.57. The van der Waals surface area contributed by atoms with Crippen molar-refractivity contribution in [1.82, 2.24) is 9.78 Å². The highest BCUT2D eigenvalue weighted by atomic mass is 16.3. The van der Waals surface area contributed by atoms with Crippen LogP contribution in [-0.2, 0) is 13.0 Å². The van der Waals surface area contributed by atoms with Crippen LogP contribution in [0.5, 0.6) is 0 Å². The number of aliphatic hydroxyl groups is 1. The molecule has 1 atom stereocenters. The molecule has 0 aliphatic carbocycles. The van der Waals surface area contributed by atoms with Gasteiger partial charge in [-0.1, -0.05) is 6.92 Å². The fourth-order valence-electron chi connectivity index (χ4n) is 2.16. The second kappa shape index (κ2) is 6.04. The van der Waals surface area contributed by atoms with Gasteiger partial charge in [0.25, 0.3) is 0 Å².